The Hall–Kier alpha value is -3.94. The van der Waals surface area contributed by atoms with Gasteiger partial charge in [-0.05, 0) is 67.4 Å². The average molecular weight is 487 g/mol. The molecule has 0 aliphatic carbocycles. The molecule has 0 aromatic heterocycles. The summed E-state index contributed by atoms with van der Waals surface area (Å²) in [7, 11) is -3.91. The molecule has 35 heavy (non-hydrogen) atoms. The third kappa shape index (κ3) is 6.79. The molecule has 4 aromatic carbocycles. The van der Waals surface area contributed by atoms with E-state index in [2.05, 4.69) is 10.0 Å². The van der Waals surface area contributed by atoms with E-state index in [0.717, 1.165) is 11.1 Å². The molecular formula is C28H26N2O4S. The number of hydrogen-bond donors (Lipinski definition) is 2. The van der Waals surface area contributed by atoms with Crippen LogP contribution in [0.25, 0.3) is 0 Å². The number of carbonyl (C=O) groups is 1. The number of hydrogen-bond acceptors (Lipinski definition) is 4. The Balaban J connectivity index is 1.50. The van der Waals surface area contributed by atoms with Gasteiger partial charge in [-0.15, -0.1) is 0 Å². The number of benzene rings is 4. The third-order valence-corrected chi connectivity index (χ3v) is 6.82. The Kier molecular flexibility index (Phi) is 7.60. The number of nitrogens with one attached hydrogen (secondary N) is 2. The Labute approximate surface area is 205 Å². The van der Waals surface area contributed by atoms with E-state index in [0.29, 0.717) is 17.2 Å². The van der Waals surface area contributed by atoms with Crippen molar-refractivity contribution in [1.82, 2.24) is 4.72 Å². The standard InChI is InChI=1S/C28H26N2O4S/c1-21-12-18-26(19-13-21)35(32,33)30-27(20-22-8-4-2-5-9-22)28(31)29-23-14-16-25(17-15-23)34-24-10-6-3-7-11-24/h2-19,27,30H,20H2,1H3,(H,29,31)/t27-/m0/s1. The number of anilines is 1. The van der Waals surface area contributed by atoms with Gasteiger partial charge in [0.1, 0.15) is 17.5 Å². The van der Waals surface area contributed by atoms with Crippen molar-refractivity contribution in [1.29, 1.82) is 0 Å². The summed E-state index contributed by atoms with van der Waals surface area (Å²) in [5, 5.41) is 2.82. The van der Waals surface area contributed by atoms with Crippen LogP contribution >= 0.6 is 0 Å². The first-order valence-corrected chi connectivity index (χ1v) is 12.6. The van der Waals surface area contributed by atoms with Crippen molar-refractivity contribution in [2.75, 3.05) is 5.32 Å². The van der Waals surface area contributed by atoms with E-state index in [1.54, 1.807) is 36.4 Å². The summed E-state index contributed by atoms with van der Waals surface area (Å²) in [5.41, 5.74) is 2.32. The van der Waals surface area contributed by atoms with Gasteiger partial charge in [0.05, 0.1) is 4.90 Å². The van der Waals surface area contributed by atoms with Gasteiger partial charge < -0.3 is 10.1 Å². The second-order valence-corrected chi connectivity index (χ2v) is 9.82. The summed E-state index contributed by atoms with van der Waals surface area (Å²) in [6.07, 6.45) is 0.201. The predicted molar refractivity (Wildman–Crippen MR) is 137 cm³/mol. The lowest BCUT2D eigenvalue weighted by molar-refractivity contribution is -0.117. The number of carbonyl (C=O) groups excluding carboxylic acids is 1. The molecule has 2 N–H and O–H groups in total. The van der Waals surface area contributed by atoms with E-state index < -0.39 is 22.0 Å². The molecule has 0 heterocycles. The van der Waals surface area contributed by atoms with Crippen LogP contribution in [0.5, 0.6) is 11.5 Å². The molecule has 0 aliphatic rings. The first-order valence-electron chi connectivity index (χ1n) is 11.2. The highest BCUT2D eigenvalue weighted by Crippen LogP contribution is 2.23. The SMILES string of the molecule is Cc1ccc(S(=O)(=O)N[C@@H](Cc2ccccc2)C(=O)Nc2ccc(Oc3ccccc3)cc2)cc1. The second-order valence-electron chi connectivity index (χ2n) is 8.11. The van der Waals surface area contributed by atoms with Gasteiger partial charge in [-0.2, -0.15) is 4.72 Å². The lowest BCUT2D eigenvalue weighted by Crippen LogP contribution is -2.45. The van der Waals surface area contributed by atoms with E-state index in [9.17, 15) is 13.2 Å². The number of ether oxygens (including phenoxy) is 1. The van der Waals surface area contributed by atoms with Gasteiger partial charge in [0, 0.05) is 5.69 Å². The number of sulfonamides is 1. The zero-order chi connectivity index (χ0) is 24.7. The minimum Gasteiger partial charge on any atom is -0.457 e. The lowest BCUT2D eigenvalue weighted by atomic mass is 10.1. The smallest absolute Gasteiger partial charge is 0.242 e. The van der Waals surface area contributed by atoms with E-state index in [1.165, 1.54) is 12.1 Å². The highest BCUT2D eigenvalue weighted by molar-refractivity contribution is 7.89. The summed E-state index contributed by atoms with van der Waals surface area (Å²) in [6.45, 7) is 1.88. The maximum absolute atomic E-state index is 13.2. The molecule has 0 radical (unpaired) electrons. The number of aryl methyl sites for hydroxylation is 1. The summed E-state index contributed by atoms with van der Waals surface area (Å²) in [6, 6.07) is 31.1. The van der Waals surface area contributed by atoms with Crippen molar-refractivity contribution in [2.45, 2.75) is 24.3 Å². The number of rotatable bonds is 9. The molecule has 0 saturated carbocycles. The molecule has 0 saturated heterocycles. The Morgan fingerprint density at radius 2 is 1.34 bits per heavy atom. The topological polar surface area (TPSA) is 84.5 Å². The van der Waals surface area contributed by atoms with Crippen LogP contribution in [-0.2, 0) is 21.2 Å². The fourth-order valence-corrected chi connectivity index (χ4v) is 4.67. The molecule has 4 rings (SSSR count). The Morgan fingerprint density at radius 1 is 0.771 bits per heavy atom. The highest BCUT2D eigenvalue weighted by Gasteiger charge is 2.26. The zero-order valence-corrected chi connectivity index (χ0v) is 20.0. The Bertz CT molecular complexity index is 1360. The molecule has 0 fully saturated rings. The molecule has 0 bridgehead atoms. The van der Waals surface area contributed by atoms with E-state index in [1.807, 2.05) is 67.6 Å². The first kappa shape index (κ1) is 24.2. The average Bonchev–Trinajstić information content (AvgIpc) is 2.86. The number of amides is 1. The zero-order valence-electron chi connectivity index (χ0n) is 19.2. The lowest BCUT2D eigenvalue weighted by Gasteiger charge is -2.19. The molecule has 1 amide bonds. The summed E-state index contributed by atoms with van der Waals surface area (Å²) < 4.78 is 34.4. The number of para-hydroxylation sites is 1. The second kappa shape index (κ2) is 11.0. The maximum Gasteiger partial charge on any atom is 0.242 e. The summed E-state index contributed by atoms with van der Waals surface area (Å²) in [5.74, 6) is 0.870. The van der Waals surface area contributed by atoms with Crippen LogP contribution in [0.15, 0.2) is 114 Å². The van der Waals surface area contributed by atoms with Gasteiger partial charge in [0.25, 0.3) is 0 Å². The van der Waals surface area contributed by atoms with Crippen molar-refractivity contribution < 1.29 is 17.9 Å². The molecule has 1 atom stereocenters. The Morgan fingerprint density at radius 3 is 1.97 bits per heavy atom. The van der Waals surface area contributed by atoms with Gasteiger partial charge >= 0.3 is 0 Å². The van der Waals surface area contributed by atoms with Crippen molar-refractivity contribution in [2.24, 2.45) is 0 Å². The molecule has 178 valence electrons. The molecule has 0 aliphatic heterocycles. The fourth-order valence-electron chi connectivity index (χ4n) is 3.47. The van der Waals surface area contributed by atoms with Crippen LogP contribution in [0.1, 0.15) is 11.1 Å². The molecule has 0 unspecified atom stereocenters. The molecule has 6 nitrogen and oxygen atoms in total. The fraction of sp³-hybridized carbons (Fsp3) is 0.107. The quantitative estimate of drug-likeness (QED) is 0.336. The van der Waals surface area contributed by atoms with Gasteiger partial charge in [0.15, 0.2) is 0 Å². The van der Waals surface area contributed by atoms with Crippen LogP contribution in [0.2, 0.25) is 0 Å². The predicted octanol–water partition coefficient (Wildman–Crippen LogP) is 5.32. The third-order valence-electron chi connectivity index (χ3n) is 5.33. The highest BCUT2D eigenvalue weighted by atomic mass is 32.2. The van der Waals surface area contributed by atoms with Crippen molar-refractivity contribution in [3.05, 3.63) is 120 Å². The van der Waals surface area contributed by atoms with E-state index in [-0.39, 0.29) is 11.3 Å². The van der Waals surface area contributed by atoms with Gasteiger partial charge in [-0.25, -0.2) is 8.42 Å². The van der Waals surface area contributed by atoms with Crippen LogP contribution in [0.4, 0.5) is 5.69 Å². The molecule has 4 aromatic rings. The van der Waals surface area contributed by atoms with Gasteiger partial charge in [0.2, 0.25) is 15.9 Å². The van der Waals surface area contributed by atoms with Crippen molar-refractivity contribution in [3.63, 3.8) is 0 Å². The van der Waals surface area contributed by atoms with Crippen molar-refractivity contribution >= 4 is 21.6 Å². The van der Waals surface area contributed by atoms with Crippen LogP contribution in [-0.4, -0.2) is 20.4 Å². The molecule has 7 heteroatoms. The monoisotopic (exact) mass is 486 g/mol. The minimum atomic E-state index is -3.91. The summed E-state index contributed by atoms with van der Waals surface area (Å²) >= 11 is 0. The first-order chi connectivity index (χ1) is 16.9. The van der Waals surface area contributed by atoms with E-state index >= 15 is 0 Å². The van der Waals surface area contributed by atoms with E-state index in [4.69, 9.17) is 4.74 Å². The maximum atomic E-state index is 13.2. The van der Waals surface area contributed by atoms with Crippen LogP contribution < -0.4 is 14.8 Å². The normalized spacial score (nSPS) is 12.0. The summed E-state index contributed by atoms with van der Waals surface area (Å²) in [4.78, 5) is 13.3. The minimum absolute atomic E-state index is 0.108. The van der Waals surface area contributed by atoms with Crippen LogP contribution in [0, 0.1) is 6.92 Å². The molecule has 0 spiro atoms. The van der Waals surface area contributed by atoms with Crippen LogP contribution in [0.3, 0.4) is 0 Å². The van der Waals surface area contributed by atoms with Gasteiger partial charge in [-0.3, -0.25) is 4.79 Å². The van der Waals surface area contributed by atoms with Gasteiger partial charge in [-0.1, -0.05) is 66.2 Å². The largest absolute Gasteiger partial charge is 0.457 e. The molecular weight excluding hydrogens is 460 g/mol. The van der Waals surface area contributed by atoms with Crippen molar-refractivity contribution in [3.8, 4) is 11.5 Å².